The molecule has 0 saturated carbocycles. The zero-order chi connectivity index (χ0) is 9.97. The van der Waals surface area contributed by atoms with Crippen LogP contribution in [0, 0.1) is 0 Å². The van der Waals surface area contributed by atoms with E-state index in [1.165, 1.54) is 0 Å². The first-order chi connectivity index (χ1) is 6.79. The van der Waals surface area contributed by atoms with Crippen LogP contribution in [0.1, 0.15) is 6.92 Å². The van der Waals surface area contributed by atoms with E-state index in [4.69, 9.17) is 0 Å². The lowest BCUT2D eigenvalue weighted by molar-refractivity contribution is 0.475. The normalized spacial score (nSPS) is 10.4. The summed E-state index contributed by atoms with van der Waals surface area (Å²) in [6, 6.07) is 7.18. The van der Waals surface area contributed by atoms with Gasteiger partial charge in [-0.2, -0.15) is 5.10 Å². The molecular formula is C11H12N2O. The third kappa shape index (κ3) is 1.62. The Labute approximate surface area is 82.6 Å². The highest BCUT2D eigenvalue weighted by Crippen LogP contribution is 2.22. The second kappa shape index (κ2) is 3.54. The molecule has 0 amide bonds. The van der Waals surface area contributed by atoms with Crippen LogP contribution < -0.4 is 0 Å². The molecule has 1 heterocycles. The Kier molecular flexibility index (Phi) is 2.23. The molecule has 2 aromatic rings. The van der Waals surface area contributed by atoms with E-state index in [0.29, 0.717) is 0 Å². The molecule has 1 aromatic carbocycles. The van der Waals surface area contributed by atoms with Gasteiger partial charge in [0.05, 0.1) is 6.20 Å². The number of aromatic hydroxyl groups is 1. The van der Waals surface area contributed by atoms with Crippen molar-refractivity contribution in [2.24, 2.45) is 0 Å². The van der Waals surface area contributed by atoms with E-state index in [1.54, 1.807) is 18.3 Å². The second-order valence-corrected chi connectivity index (χ2v) is 3.14. The summed E-state index contributed by atoms with van der Waals surface area (Å²) in [5.74, 6) is 0.284. The summed E-state index contributed by atoms with van der Waals surface area (Å²) in [6.07, 6.45) is 3.77. The van der Waals surface area contributed by atoms with Gasteiger partial charge in [-0.25, -0.2) is 0 Å². The Bertz CT molecular complexity index is 434. The SMILES string of the molecule is CCn1cc(-c2cccc(O)c2)cn1. The fraction of sp³-hybridized carbons (Fsp3) is 0.182. The van der Waals surface area contributed by atoms with Crippen LogP contribution in [0.25, 0.3) is 11.1 Å². The monoisotopic (exact) mass is 188 g/mol. The van der Waals surface area contributed by atoms with Crippen LogP contribution in [0.5, 0.6) is 5.75 Å². The van der Waals surface area contributed by atoms with Crippen LogP contribution in [-0.2, 0) is 6.54 Å². The van der Waals surface area contributed by atoms with Gasteiger partial charge in [-0.3, -0.25) is 4.68 Å². The van der Waals surface area contributed by atoms with Crippen LogP contribution >= 0.6 is 0 Å². The van der Waals surface area contributed by atoms with Crippen molar-refractivity contribution in [2.45, 2.75) is 13.5 Å². The van der Waals surface area contributed by atoms with Gasteiger partial charge in [-0.05, 0) is 24.6 Å². The van der Waals surface area contributed by atoms with Crippen molar-refractivity contribution >= 4 is 0 Å². The van der Waals surface area contributed by atoms with Gasteiger partial charge in [0.15, 0.2) is 0 Å². The van der Waals surface area contributed by atoms with Crippen LogP contribution in [0.15, 0.2) is 36.7 Å². The lowest BCUT2D eigenvalue weighted by atomic mass is 10.1. The minimum absolute atomic E-state index is 0.284. The highest BCUT2D eigenvalue weighted by Gasteiger charge is 2.00. The minimum Gasteiger partial charge on any atom is -0.508 e. The molecule has 0 atom stereocenters. The summed E-state index contributed by atoms with van der Waals surface area (Å²) in [7, 11) is 0. The molecule has 1 N–H and O–H groups in total. The van der Waals surface area contributed by atoms with E-state index >= 15 is 0 Å². The summed E-state index contributed by atoms with van der Waals surface area (Å²) >= 11 is 0. The van der Waals surface area contributed by atoms with Gasteiger partial charge in [0.2, 0.25) is 0 Å². The van der Waals surface area contributed by atoms with Crippen molar-refractivity contribution < 1.29 is 5.11 Å². The predicted octanol–water partition coefficient (Wildman–Crippen LogP) is 2.28. The van der Waals surface area contributed by atoms with Crippen molar-refractivity contribution in [3.8, 4) is 16.9 Å². The molecule has 1 aromatic heterocycles. The number of rotatable bonds is 2. The first kappa shape index (κ1) is 8.81. The number of benzene rings is 1. The predicted molar refractivity (Wildman–Crippen MR) is 55.0 cm³/mol. The van der Waals surface area contributed by atoms with Crippen LogP contribution in [0.4, 0.5) is 0 Å². The minimum atomic E-state index is 0.284. The average molecular weight is 188 g/mol. The molecule has 0 aliphatic carbocycles. The summed E-state index contributed by atoms with van der Waals surface area (Å²) in [5, 5.41) is 13.5. The first-order valence-electron chi connectivity index (χ1n) is 4.61. The Hall–Kier alpha value is -1.77. The fourth-order valence-corrected chi connectivity index (χ4v) is 1.37. The molecule has 2 rings (SSSR count). The summed E-state index contributed by atoms with van der Waals surface area (Å²) in [4.78, 5) is 0. The lowest BCUT2D eigenvalue weighted by Crippen LogP contribution is -1.91. The number of aromatic nitrogens is 2. The van der Waals surface area contributed by atoms with Gasteiger partial charge < -0.3 is 5.11 Å². The molecule has 3 heteroatoms. The van der Waals surface area contributed by atoms with Gasteiger partial charge in [0.1, 0.15) is 5.75 Å². The van der Waals surface area contributed by atoms with Crippen molar-refractivity contribution in [1.82, 2.24) is 9.78 Å². The quantitative estimate of drug-likeness (QED) is 0.785. The van der Waals surface area contributed by atoms with E-state index in [0.717, 1.165) is 17.7 Å². The zero-order valence-corrected chi connectivity index (χ0v) is 8.01. The topological polar surface area (TPSA) is 38.0 Å². The van der Waals surface area contributed by atoms with Crippen molar-refractivity contribution in [3.63, 3.8) is 0 Å². The van der Waals surface area contributed by atoms with Gasteiger partial charge in [-0.15, -0.1) is 0 Å². The van der Waals surface area contributed by atoms with E-state index in [9.17, 15) is 5.11 Å². The third-order valence-corrected chi connectivity index (χ3v) is 2.14. The number of phenols is 1. The number of phenolic OH excluding ortho intramolecular Hbond substituents is 1. The summed E-state index contributed by atoms with van der Waals surface area (Å²) in [6.45, 7) is 2.90. The standard InChI is InChI=1S/C11H12N2O/c1-2-13-8-10(7-12-13)9-4-3-5-11(14)6-9/h3-8,14H,2H2,1H3. The van der Waals surface area contributed by atoms with Gasteiger partial charge in [-0.1, -0.05) is 12.1 Å². The number of nitrogens with zero attached hydrogens (tertiary/aromatic N) is 2. The highest BCUT2D eigenvalue weighted by atomic mass is 16.3. The lowest BCUT2D eigenvalue weighted by Gasteiger charge is -1.97. The smallest absolute Gasteiger partial charge is 0.116 e. The molecule has 3 nitrogen and oxygen atoms in total. The van der Waals surface area contributed by atoms with E-state index in [1.807, 2.05) is 29.9 Å². The van der Waals surface area contributed by atoms with E-state index in [-0.39, 0.29) is 5.75 Å². The average Bonchev–Trinajstić information content (AvgIpc) is 2.66. The molecule has 0 aliphatic rings. The van der Waals surface area contributed by atoms with Crippen LogP contribution in [0.3, 0.4) is 0 Å². The highest BCUT2D eigenvalue weighted by molar-refractivity contribution is 5.63. The van der Waals surface area contributed by atoms with E-state index in [2.05, 4.69) is 5.10 Å². The maximum absolute atomic E-state index is 9.31. The summed E-state index contributed by atoms with van der Waals surface area (Å²) < 4.78 is 1.86. The second-order valence-electron chi connectivity index (χ2n) is 3.14. The molecule has 0 spiro atoms. The van der Waals surface area contributed by atoms with Gasteiger partial charge in [0, 0.05) is 18.3 Å². The molecule has 0 saturated heterocycles. The van der Waals surface area contributed by atoms with Gasteiger partial charge in [0.25, 0.3) is 0 Å². The maximum Gasteiger partial charge on any atom is 0.116 e. The number of aryl methyl sites for hydroxylation is 1. The van der Waals surface area contributed by atoms with Crippen molar-refractivity contribution in [2.75, 3.05) is 0 Å². The number of hydrogen-bond acceptors (Lipinski definition) is 2. The van der Waals surface area contributed by atoms with E-state index < -0.39 is 0 Å². The molecule has 14 heavy (non-hydrogen) atoms. The van der Waals surface area contributed by atoms with Crippen molar-refractivity contribution in [1.29, 1.82) is 0 Å². The maximum atomic E-state index is 9.31. The van der Waals surface area contributed by atoms with Crippen LogP contribution in [0.2, 0.25) is 0 Å². The molecule has 0 bridgehead atoms. The Balaban J connectivity index is 2.39. The Morgan fingerprint density at radius 3 is 2.86 bits per heavy atom. The molecule has 0 aliphatic heterocycles. The van der Waals surface area contributed by atoms with Gasteiger partial charge >= 0.3 is 0 Å². The molecule has 0 unspecified atom stereocenters. The third-order valence-electron chi connectivity index (χ3n) is 2.14. The molecule has 0 fully saturated rings. The zero-order valence-electron chi connectivity index (χ0n) is 8.01. The Morgan fingerprint density at radius 2 is 2.21 bits per heavy atom. The largest absolute Gasteiger partial charge is 0.508 e. The Morgan fingerprint density at radius 1 is 1.36 bits per heavy atom. The summed E-state index contributed by atoms with van der Waals surface area (Å²) in [5.41, 5.74) is 2.02. The molecule has 0 radical (unpaired) electrons. The first-order valence-corrected chi connectivity index (χ1v) is 4.61. The molecular weight excluding hydrogens is 176 g/mol. The van der Waals surface area contributed by atoms with Crippen LogP contribution in [-0.4, -0.2) is 14.9 Å². The van der Waals surface area contributed by atoms with Crippen molar-refractivity contribution in [3.05, 3.63) is 36.7 Å². The molecule has 72 valence electrons. The fourth-order valence-electron chi connectivity index (χ4n) is 1.37. The number of hydrogen-bond donors (Lipinski definition) is 1.